The Balaban J connectivity index is 0.000000252. The molecule has 0 aliphatic heterocycles. The van der Waals surface area contributed by atoms with E-state index in [-0.39, 0.29) is 31.4 Å². The molecule has 3 aromatic rings. The van der Waals surface area contributed by atoms with Crippen LogP contribution in [-0.2, 0) is 27.2 Å². The number of imidazole rings is 1. The summed E-state index contributed by atoms with van der Waals surface area (Å²) < 4.78 is 27.5. The van der Waals surface area contributed by atoms with Crippen molar-refractivity contribution in [2.75, 3.05) is 0 Å². The molecule has 1 radical (unpaired) electrons. The maximum absolute atomic E-state index is 13.2. The Morgan fingerprint density at radius 2 is 2.04 bits per heavy atom. The number of rotatable bonds is 2. The fourth-order valence-corrected chi connectivity index (χ4v) is 1.67. The molecule has 5 nitrogen and oxygen atoms in total. The van der Waals surface area contributed by atoms with E-state index in [1.165, 1.54) is 12.3 Å². The first-order chi connectivity index (χ1) is 11.0. The summed E-state index contributed by atoms with van der Waals surface area (Å²) in [5.41, 5.74) is 0.717. The van der Waals surface area contributed by atoms with Crippen molar-refractivity contribution >= 4 is 5.97 Å². The Kier molecular flexibility index (Phi) is 7.35. The summed E-state index contributed by atoms with van der Waals surface area (Å²) in [5.74, 6) is -2.28. The molecule has 0 amide bonds. The molecule has 1 N–H and O–H groups in total. The average Bonchev–Trinajstić information content (AvgIpc) is 2.95. The molecule has 8 heteroatoms. The van der Waals surface area contributed by atoms with Crippen LogP contribution in [0, 0.1) is 17.7 Å². The largest absolute Gasteiger partial charge is 0.477 e. The predicted molar refractivity (Wildman–Crippen MR) is 78.6 cm³/mol. The monoisotopic (exact) mass is 509 g/mol. The molecule has 3 rings (SSSR count). The zero-order valence-corrected chi connectivity index (χ0v) is 14.8. The number of benzene rings is 1. The number of hydrogen-bond acceptors (Lipinski definition) is 3. The second-order valence-corrected chi connectivity index (χ2v) is 4.49. The van der Waals surface area contributed by atoms with Crippen LogP contribution in [0.3, 0.4) is 0 Å². The third-order valence-corrected chi connectivity index (χ3v) is 2.70. The van der Waals surface area contributed by atoms with E-state index in [1.54, 1.807) is 36.3 Å². The van der Waals surface area contributed by atoms with Crippen LogP contribution in [0.2, 0.25) is 0 Å². The van der Waals surface area contributed by atoms with Crippen molar-refractivity contribution in [3.63, 3.8) is 0 Å². The number of pyridine rings is 1. The SMILES string of the molecule is Cn1cnc(-c2[c-]cc(F)cc2F)c1.O=C(O)c1ccccn1.[Ir]. The van der Waals surface area contributed by atoms with Gasteiger partial charge in [0.15, 0.2) is 0 Å². The molecule has 2 aromatic heterocycles. The maximum atomic E-state index is 13.2. The van der Waals surface area contributed by atoms with Crippen molar-refractivity contribution in [1.29, 1.82) is 0 Å². The number of carbonyl (C=O) groups is 1. The topological polar surface area (TPSA) is 68.0 Å². The van der Waals surface area contributed by atoms with Gasteiger partial charge in [0.1, 0.15) is 5.69 Å². The fraction of sp³-hybridized carbons (Fsp3) is 0.0625. The zero-order valence-electron chi connectivity index (χ0n) is 12.4. The van der Waals surface area contributed by atoms with Gasteiger partial charge >= 0.3 is 5.97 Å². The van der Waals surface area contributed by atoms with Crippen LogP contribution in [0.25, 0.3) is 11.3 Å². The molecule has 0 aliphatic carbocycles. The molecule has 0 atom stereocenters. The summed E-state index contributed by atoms with van der Waals surface area (Å²) in [6.45, 7) is 0. The van der Waals surface area contributed by atoms with Gasteiger partial charge in [-0.05, 0) is 18.3 Å². The van der Waals surface area contributed by atoms with Crippen molar-refractivity contribution in [3.8, 4) is 11.3 Å². The molecule has 0 spiro atoms. The molecule has 1 aromatic carbocycles. The first kappa shape index (κ1) is 19.6. The van der Waals surface area contributed by atoms with Gasteiger partial charge in [-0.15, -0.1) is 12.1 Å². The third-order valence-electron chi connectivity index (χ3n) is 2.70. The Hall–Kier alpha value is -2.44. The van der Waals surface area contributed by atoms with Gasteiger partial charge in [0.2, 0.25) is 0 Å². The second kappa shape index (κ2) is 9.00. The summed E-state index contributed by atoms with van der Waals surface area (Å²) in [5, 5.41) is 8.32. The Morgan fingerprint density at radius 1 is 1.29 bits per heavy atom. The molecule has 0 fully saturated rings. The van der Waals surface area contributed by atoms with E-state index in [9.17, 15) is 13.6 Å². The fourth-order valence-electron chi connectivity index (χ4n) is 1.67. The first-order valence-electron chi connectivity index (χ1n) is 6.46. The van der Waals surface area contributed by atoms with Gasteiger partial charge < -0.3 is 9.67 Å². The summed E-state index contributed by atoms with van der Waals surface area (Å²) in [6, 6.07) is 9.17. The van der Waals surface area contributed by atoms with E-state index in [2.05, 4.69) is 16.0 Å². The van der Waals surface area contributed by atoms with E-state index in [0.29, 0.717) is 5.69 Å². The van der Waals surface area contributed by atoms with Crippen LogP contribution >= 0.6 is 0 Å². The van der Waals surface area contributed by atoms with E-state index >= 15 is 0 Å². The number of aromatic carboxylic acids is 1. The van der Waals surface area contributed by atoms with E-state index < -0.39 is 17.6 Å². The number of nitrogens with zero attached hydrogens (tertiary/aromatic N) is 3. The van der Waals surface area contributed by atoms with E-state index in [0.717, 1.165) is 12.1 Å². The Bertz CT molecular complexity index is 810. The van der Waals surface area contributed by atoms with Gasteiger partial charge in [-0.1, -0.05) is 17.7 Å². The van der Waals surface area contributed by atoms with Gasteiger partial charge in [-0.25, -0.2) is 9.78 Å². The molecule has 0 saturated carbocycles. The summed E-state index contributed by atoms with van der Waals surface area (Å²) >= 11 is 0. The van der Waals surface area contributed by atoms with Crippen LogP contribution in [0.15, 0.2) is 49.1 Å². The van der Waals surface area contributed by atoms with E-state index in [4.69, 9.17) is 5.11 Å². The number of aryl methyl sites for hydroxylation is 1. The molecule has 0 aliphatic rings. The van der Waals surface area contributed by atoms with Crippen molar-refractivity contribution in [2.24, 2.45) is 7.05 Å². The molecule has 0 saturated heterocycles. The predicted octanol–water partition coefficient (Wildman–Crippen LogP) is 2.94. The molecule has 0 unspecified atom stereocenters. The number of halogens is 2. The first-order valence-corrected chi connectivity index (χ1v) is 6.46. The maximum Gasteiger partial charge on any atom is 0.354 e. The summed E-state index contributed by atoms with van der Waals surface area (Å²) in [4.78, 5) is 17.7. The van der Waals surface area contributed by atoms with Gasteiger partial charge in [0.05, 0.1) is 6.33 Å². The smallest absolute Gasteiger partial charge is 0.354 e. The molecular weight excluding hydrogens is 496 g/mol. The minimum absolute atomic E-state index is 0. The van der Waals surface area contributed by atoms with Crippen molar-refractivity contribution in [2.45, 2.75) is 0 Å². The Morgan fingerprint density at radius 3 is 2.50 bits per heavy atom. The molecule has 24 heavy (non-hydrogen) atoms. The minimum atomic E-state index is -0.990. The van der Waals surface area contributed by atoms with Crippen LogP contribution < -0.4 is 0 Å². The van der Waals surface area contributed by atoms with Gasteiger partial charge in [0, 0.05) is 50.7 Å². The molecule has 2 heterocycles. The third kappa shape index (κ3) is 5.33. The number of hydrogen-bond donors (Lipinski definition) is 1. The number of carboxylic acids is 1. The summed E-state index contributed by atoms with van der Waals surface area (Å²) in [7, 11) is 1.78. The van der Waals surface area contributed by atoms with Crippen LogP contribution in [0.4, 0.5) is 8.78 Å². The zero-order chi connectivity index (χ0) is 16.8. The van der Waals surface area contributed by atoms with Gasteiger partial charge in [0.25, 0.3) is 0 Å². The van der Waals surface area contributed by atoms with Crippen molar-refractivity contribution in [1.82, 2.24) is 14.5 Å². The standard InChI is InChI=1S/C10H7F2N2.C6H5NO2.Ir/c1-14-5-10(13-6-14)8-3-2-7(11)4-9(8)12;8-6(9)5-3-1-2-4-7-5;/h2,4-6H,1H3;1-4H,(H,8,9);/q-1;;. The molecule has 127 valence electrons. The van der Waals surface area contributed by atoms with E-state index in [1.807, 2.05) is 0 Å². The van der Waals surface area contributed by atoms with Crippen LogP contribution in [0.5, 0.6) is 0 Å². The van der Waals surface area contributed by atoms with Crippen molar-refractivity contribution < 1.29 is 38.8 Å². The number of carboxylic acid groups (broad SMARTS) is 1. The average molecular weight is 509 g/mol. The quantitative estimate of drug-likeness (QED) is 0.541. The second-order valence-electron chi connectivity index (χ2n) is 4.49. The van der Waals surface area contributed by atoms with Crippen LogP contribution in [0.1, 0.15) is 10.5 Å². The molecular formula is C16H12F2IrN3O2-. The van der Waals surface area contributed by atoms with Gasteiger partial charge in [-0.3, -0.25) is 13.8 Å². The minimum Gasteiger partial charge on any atom is -0.477 e. The summed E-state index contributed by atoms with van der Waals surface area (Å²) in [6.07, 6.45) is 4.64. The van der Waals surface area contributed by atoms with Gasteiger partial charge in [-0.2, -0.15) is 0 Å². The number of aromatic nitrogens is 3. The normalized spacial score (nSPS) is 9.46. The van der Waals surface area contributed by atoms with Crippen molar-refractivity contribution in [3.05, 3.63) is 72.4 Å². The Labute approximate surface area is 150 Å². The molecule has 0 bridgehead atoms. The van der Waals surface area contributed by atoms with Crippen LogP contribution in [-0.4, -0.2) is 25.6 Å².